The summed E-state index contributed by atoms with van der Waals surface area (Å²) in [4.78, 5) is 2.37. The molecular weight excluding hydrogens is 258 g/mol. The summed E-state index contributed by atoms with van der Waals surface area (Å²) in [7, 11) is 0. The molecule has 0 aliphatic rings. The molecule has 0 atom stereocenters. The summed E-state index contributed by atoms with van der Waals surface area (Å²) >= 11 is 7.24. The lowest BCUT2D eigenvalue weighted by Gasteiger charge is -2.17. The van der Waals surface area contributed by atoms with Crippen molar-refractivity contribution in [2.24, 2.45) is 0 Å². The van der Waals surface area contributed by atoms with Gasteiger partial charge in [0.25, 0.3) is 0 Å². The molecule has 0 heterocycles. The van der Waals surface area contributed by atoms with E-state index in [1.165, 1.54) is 11.1 Å². The van der Waals surface area contributed by atoms with Gasteiger partial charge in [-0.3, -0.25) is 4.90 Å². The summed E-state index contributed by atoms with van der Waals surface area (Å²) in [5, 5.41) is 0. The summed E-state index contributed by atoms with van der Waals surface area (Å²) in [6.07, 6.45) is 0. The van der Waals surface area contributed by atoms with Gasteiger partial charge in [-0.05, 0) is 30.1 Å². The highest BCUT2D eigenvalue weighted by Crippen LogP contribution is 2.19. The Morgan fingerprint density at radius 2 is 1.72 bits per heavy atom. The number of rotatable bonds is 6. The molecule has 1 aromatic rings. The third-order valence-electron chi connectivity index (χ3n) is 3.09. The number of hydrogen-bond donors (Lipinski definition) is 0. The Morgan fingerprint density at radius 3 is 2.17 bits per heavy atom. The minimum atomic E-state index is 0.580. The Labute approximate surface area is 121 Å². The van der Waals surface area contributed by atoms with Crippen molar-refractivity contribution in [1.29, 1.82) is 0 Å². The van der Waals surface area contributed by atoms with Crippen LogP contribution in [0.3, 0.4) is 0 Å². The van der Waals surface area contributed by atoms with Crippen molar-refractivity contribution < 1.29 is 0 Å². The molecule has 1 aromatic carbocycles. The van der Waals surface area contributed by atoms with E-state index in [9.17, 15) is 0 Å². The molecule has 0 unspecified atom stereocenters. The van der Waals surface area contributed by atoms with Gasteiger partial charge in [0, 0.05) is 5.88 Å². The van der Waals surface area contributed by atoms with Crippen LogP contribution in [0.15, 0.2) is 24.3 Å². The van der Waals surface area contributed by atoms with E-state index < -0.39 is 0 Å². The van der Waals surface area contributed by atoms with Gasteiger partial charge in [0.2, 0.25) is 0 Å². The van der Waals surface area contributed by atoms with Crippen LogP contribution in [0.4, 0.5) is 0 Å². The van der Waals surface area contributed by atoms with Crippen molar-refractivity contribution in [2.45, 2.75) is 33.6 Å². The van der Waals surface area contributed by atoms with Crippen molar-refractivity contribution in [3.63, 3.8) is 0 Å². The van der Waals surface area contributed by atoms with Gasteiger partial charge >= 0.3 is 0 Å². The fraction of sp³-hybridized carbons (Fsp3) is 0.533. The van der Waals surface area contributed by atoms with E-state index in [1.54, 1.807) is 11.8 Å². The van der Waals surface area contributed by atoms with E-state index in [0.29, 0.717) is 5.92 Å². The molecule has 0 spiro atoms. The molecular formula is C15H23NS2. The van der Waals surface area contributed by atoms with Gasteiger partial charge in [0.15, 0.2) is 0 Å². The van der Waals surface area contributed by atoms with Crippen molar-refractivity contribution in [1.82, 2.24) is 4.90 Å². The normalized spacial score (nSPS) is 11.2. The van der Waals surface area contributed by atoms with E-state index in [4.69, 9.17) is 12.2 Å². The first-order valence-corrected chi connectivity index (χ1v) is 7.97. The van der Waals surface area contributed by atoms with Gasteiger partial charge in [-0.2, -0.15) is 0 Å². The summed E-state index contributed by atoms with van der Waals surface area (Å²) in [5.74, 6) is 1.56. The second-order valence-corrected chi connectivity index (χ2v) is 6.26. The van der Waals surface area contributed by atoms with Crippen molar-refractivity contribution >= 4 is 28.2 Å². The van der Waals surface area contributed by atoms with Crippen LogP contribution in [0.25, 0.3) is 0 Å². The first-order valence-electron chi connectivity index (χ1n) is 6.57. The molecule has 0 radical (unpaired) electrons. The summed E-state index contributed by atoms with van der Waals surface area (Å²) < 4.78 is 0.997. The lowest BCUT2D eigenvalue weighted by atomic mass is 10.0. The SMILES string of the molecule is CCN(CC)CSC(=S)c1ccc(C(C)C)cc1. The number of nitrogens with zero attached hydrogens (tertiary/aromatic N) is 1. The zero-order valence-corrected chi connectivity index (χ0v) is 13.4. The molecule has 0 bridgehead atoms. The number of hydrogen-bond acceptors (Lipinski definition) is 3. The molecule has 0 saturated carbocycles. The monoisotopic (exact) mass is 281 g/mol. The fourth-order valence-corrected chi connectivity index (χ4v) is 2.91. The van der Waals surface area contributed by atoms with E-state index >= 15 is 0 Å². The second kappa shape index (κ2) is 7.93. The molecule has 100 valence electrons. The molecule has 0 aliphatic heterocycles. The van der Waals surface area contributed by atoms with Crippen LogP contribution in [-0.2, 0) is 0 Å². The zero-order chi connectivity index (χ0) is 13.5. The quantitative estimate of drug-likeness (QED) is 0.557. The van der Waals surface area contributed by atoms with E-state index in [-0.39, 0.29) is 0 Å². The highest BCUT2D eigenvalue weighted by atomic mass is 32.2. The largest absolute Gasteiger partial charge is 0.294 e. The lowest BCUT2D eigenvalue weighted by Crippen LogP contribution is -2.22. The maximum Gasteiger partial charge on any atom is 0.0790 e. The Morgan fingerprint density at radius 1 is 1.17 bits per heavy atom. The Balaban J connectivity index is 2.56. The minimum Gasteiger partial charge on any atom is -0.294 e. The van der Waals surface area contributed by atoms with Crippen LogP contribution in [0.2, 0.25) is 0 Å². The zero-order valence-electron chi connectivity index (χ0n) is 11.8. The Hall–Kier alpha value is -0.380. The number of thioether (sulfide) groups is 1. The molecule has 1 rings (SSSR count). The maximum atomic E-state index is 5.48. The number of benzene rings is 1. The Kier molecular flexibility index (Phi) is 6.90. The molecule has 1 nitrogen and oxygen atoms in total. The van der Waals surface area contributed by atoms with Gasteiger partial charge in [-0.15, -0.1) is 0 Å². The van der Waals surface area contributed by atoms with E-state index in [2.05, 4.69) is 56.9 Å². The first kappa shape index (κ1) is 15.7. The molecule has 0 aliphatic carbocycles. The molecule has 0 amide bonds. The van der Waals surface area contributed by atoms with Crippen LogP contribution in [-0.4, -0.2) is 28.1 Å². The van der Waals surface area contributed by atoms with Crippen molar-refractivity contribution in [2.75, 3.05) is 19.0 Å². The molecule has 0 saturated heterocycles. The molecule has 0 N–H and O–H groups in total. The third-order valence-corrected chi connectivity index (χ3v) is 4.67. The van der Waals surface area contributed by atoms with E-state index in [0.717, 1.165) is 23.2 Å². The topological polar surface area (TPSA) is 3.24 Å². The standard InChI is InChI=1S/C15H23NS2/c1-5-16(6-2)11-18-15(17)14-9-7-13(8-10-14)12(3)4/h7-10,12H,5-6,11H2,1-4H3. The number of thiocarbonyl (C=S) groups is 1. The second-order valence-electron chi connectivity index (χ2n) is 4.64. The Bertz CT molecular complexity index is 367. The molecule has 0 aromatic heterocycles. The summed E-state index contributed by atoms with van der Waals surface area (Å²) in [5.41, 5.74) is 2.54. The van der Waals surface area contributed by atoms with Gasteiger partial charge < -0.3 is 0 Å². The molecule has 0 fully saturated rings. The molecule has 3 heteroatoms. The van der Waals surface area contributed by atoms with Gasteiger partial charge in [-0.25, -0.2) is 0 Å². The van der Waals surface area contributed by atoms with Crippen LogP contribution in [0.5, 0.6) is 0 Å². The van der Waals surface area contributed by atoms with Crippen LogP contribution in [0, 0.1) is 0 Å². The van der Waals surface area contributed by atoms with Crippen LogP contribution >= 0.6 is 24.0 Å². The average Bonchev–Trinajstić information content (AvgIpc) is 2.39. The van der Waals surface area contributed by atoms with Crippen molar-refractivity contribution in [3.05, 3.63) is 35.4 Å². The predicted octanol–water partition coefficient (Wildman–Crippen LogP) is 4.52. The van der Waals surface area contributed by atoms with Crippen molar-refractivity contribution in [3.8, 4) is 0 Å². The van der Waals surface area contributed by atoms with Gasteiger partial charge in [0.05, 0.1) is 4.20 Å². The van der Waals surface area contributed by atoms with Crippen LogP contribution in [0.1, 0.15) is 44.7 Å². The average molecular weight is 281 g/mol. The van der Waals surface area contributed by atoms with E-state index in [1.807, 2.05) is 0 Å². The fourth-order valence-electron chi connectivity index (χ4n) is 1.64. The molecule has 18 heavy (non-hydrogen) atoms. The van der Waals surface area contributed by atoms with Gasteiger partial charge in [-0.1, -0.05) is 75.9 Å². The summed E-state index contributed by atoms with van der Waals surface area (Å²) in [6, 6.07) is 8.66. The predicted molar refractivity (Wildman–Crippen MR) is 87.6 cm³/mol. The lowest BCUT2D eigenvalue weighted by molar-refractivity contribution is 0.359. The smallest absolute Gasteiger partial charge is 0.0790 e. The highest BCUT2D eigenvalue weighted by molar-refractivity contribution is 8.23. The summed E-state index contributed by atoms with van der Waals surface area (Å²) in [6.45, 7) is 11.0. The minimum absolute atomic E-state index is 0.580. The third kappa shape index (κ3) is 4.71. The van der Waals surface area contributed by atoms with Crippen LogP contribution < -0.4 is 0 Å². The van der Waals surface area contributed by atoms with Gasteiger partial charge in [0.1, 0.15) is 0 Å². The first-order chi connectivity index (χ1) is 8.58. The maximum absolute atomic E-state index is 5.48. The highest BCUT2D eigenvalue weighted by Gasteiger charge is 2.06.